The van der Waals surface area contributed by atoms with Gasteiger partial charge in [0.1, 0.15) is 5.75 Å². The Morgan fingerprint density at radius 2 is 1.81 bits per heavy atom. The van der Waals surface area contributed by atoms with Gasteiger partial charge in [0, 0.05) is 42.2 Å². The molecule has 2 aromatic carbocycles. The fourth-order valence-electron chi connectivity index (χ4n) is 4.91. The normalized spacial score (nSPS) is 14.4. The lowest BCUT2D eigenvalue weighted by molar-refractivity contribution is 0.203. The largest absolute Gasteiger partial charge is 0.504 e. The molecule has 0 atom stereocenters. The standard InChI is InChI=1S/C30H32N4O3/c1-3-37-28-17-21(7-8-27(28)35)20-34-15-11-22(12-16-34)29-26(24-5-4-6-25(18-24)36-2)19-32-30(33-29)23-9-13-31-14-10-23/h4-10,13-14,17-19,22,35H,3,11-12,15-16,20H2,1-2H3. The van der Waals surface area contributed by atoms with Crippen molar-refractivity contribution in [2.24, 2.45) is 0 Å². The first kappa shape index (κ1) is 24.7. The summed E-state index contributed by atoms with van der Waals surface area (Å²) < 4.78 is 11.0. The summed E-state index contributed by atoms with van der Waals surface area (Å²) in [6.45, 7) is 5.19. The highest BCUT2D eigenvalue weighted by molar-refractivity contribution is 5.69. The van der Waals surface area contributed by atoms with Crippen LogP contribution in [0.5, 0.6) is 17.2 Å². The van der Waals surface area contributed by atoms with Gasteiger partial charge in [0.05, 0.1) is 19.4 Å². The maximum Gasteiger partial charge on any atom is 0.161 e. The number of phenols is 1. The molecule has 0 aliphatic carbocycles. The smallest absolute Gasteiger partial charge is 0.161 e. The average molecular weight is 497 g/mol. The summed E-state index contributed by atoms with van der Waals surface area (Å²) in [5.74, 6) is 2.58. The van der Waals surface area contributed by atoms with Crippen LogP contribution >= 0.6 is 0 Å². The molecule has 1 fully saturated rings. The summed E-state index contributed by atoms with van der Waals surface area (Å²) in [5.41, 5.74) is 5.29. The number of pyridine rings is 1. The number of hydrogen-bond donors (Lipinski definition) is 1. The van der Waals surface area contributed by atoms with Crippen LogP contribution < -0.4 is 9.47 Å². The molecule has 0 spiro atoms. The van der Waals surface area contributed by atoms with Gasteiger partial charge >= 0.3 is 0 Å². The summed E-state index contributed by atoms with van der Waals surface area (Å²) >= 11 is 0. The highest BCUT2D eigenvalue weighted by Crippen LogP contribution is 2.36. The van der Waals surface area contributed by atoms with E-state index in [-0.39, 0.29) is 5.75 Å². The van der Waals surface area contributed by atoms with Crippen molar-refractivity contribution >= 4 is 0 Å². The number of nitrogens with zero attached hydrogens (tertiary/aromatic N) is 4. The number of benzene rings is 2. The van der Waals surface area contributed by atoms with Crippen LogP contribution in [0.4, 0.5) is 0 Å². The lowest BCUT2D eigenvalue weighted by atomic mass is 9.88. The van der Waals surface area contributed by atoms with E-state index in [9.17, 15) is 5.11 Å². The van der Waals surface area contributed by atoms with Crippen LogP contribution in [0, 0.1) is 0 Å². The third-order valence-electron chi connectivity index (χ3n) is 6.84. The van der Waals surface area contributed by atoms with Crippen molar-refractivity contribution in [1.29, 1.82) is 0 Å². The predicted octanol–water partition coefficient (Wildman–Crippen LogP) is 5.70. The van der Waals surface area contributed by atoms with Gasteiger partial charge in [-0.15, -0.1) is 0 Å². The molecule has 7 nitrogen and oxygen atoms in total. The minimum atomic E-state index is 0.183. The van der Waals surface area contributed by atoms with E-state index >= 15 is 0 Å². The minimum absolute atomic E-state index is 0.183. The van der Waals surface area contributed by atoms with E-state index in [1.807, 2.05) is 55.6 Å². The Bertz CT molecular complexity index is 1340. The van der Waals surface area contributed by atoms with Crippen molar-refractivity contribution in [3.8, 4) is 39.8 Å². The number of piperidine rings is 1. The van der Waals surface area contributed by atoms with Crippen LogP contribution in [0.2, 0.25) is 0 Å². The van der Waals surface area contributed by atoms with Crippen LogP contribution in [0.25, 0.3) is 22.5 Å². The van der Waals surface area contributed by atoms with Gasteiger partial charge in [-0.25, -0.2) is 9.97 Å². The number of aromatic nitrogens is 3. The van der Waals surface area contributed by atoms with Gasteiger partial charge in [0.25, 0.3) is 0 Å². The molecule has 1 aliphatic rings. The number of hydrogen-bond acceptors (Lipinski definition) is 7. The van der Waals surface area contributed by atoms with E-state index in [4.69, 9.17) is 19.4 Å². The van der Waals surface area contributed by atoms with Crippen molar-refractivity contribution in [1.82, 2.24) is 19.9 Å². The average Bonchev–Trinajstić information content (AvgIpc) is 2.95. The molecule has 37 heavy (non-hydrogen) atoms. The lowest BCUT2D eigenvalue weighted by Crippen LogP contribution is -2.33. The first-order valence-electron chi connectivity index (χ1n) is 12.7. The first-order valence-corrected chi connectivity index (χ1v) is 12.7. The number of methoxy groups -OCH3 is 1. The predicted molar refractivity (Wildman–Crippen MR) is 144 cm³/mol. The van der Waals surface area contributed by atoms with Crippen LogP contribution in [-0.2, 0) is 6.54 Å². The Balaban J connectivity index is 1.38. The lowest BCUT2D eigenvalue weighted by Gasteiger charge is -2.32. The Morgan fingerprint density at radius 3 is 2.57 bits per heavy atom. The molecule has 4 aromatic rings. The molecule has 2 aromatic heterocycles. The first-order chi connectivity index (χ1) is 18.1. The number of aromatic hydroxyl groups is 1. The zero-order valence-corrected chi connectivity index (χ0v) is 21.3. The molecule has 1 N–H and O–H groups in total. The van der Waals surface area contributed by atoms with E-state index in [1.165, 1.54) is 0 Å². The van der Waals surface area contributed by atoms with E-state index in [1.54, 1.807) is 25.6 Å². The topological polar surface area (TPSA) is 80.6 Å². The van der Waals surface area contributed by atoms with Gasteiger partial charge in [-0.1, -0.05) is 18.2 Å². The third-order valence-corrected chi connectivity index (χ3v) is 6.84. The Labute approximate surface area is 217 Å². The van der Waals surface area contributed by atoms with Crippen LogP contribution in [0.15, 0.2) is 73.2 Å². The molecule has 0 saturated carbocycles. The summed E-state index contributed by atoms with van der Waals surface area (Å²) in [4.78, 5) is 16.4. The second-order valence-corrected chi connectivity index (χ2v) is 9.25. The highest BCUT2D eigenvalue weighted by atomic mass is 16.5. The summed E-state index contributed by atoms with van der Waals surface area (Å²) in [7, 11) is 1.68. The van der Waals surface area contributed by atoms with Crippen LogP contribution in [0.3, 0.4) is 0 Å². The number of phenolic OH excluding ortho intramolecular Hbond substituents is 1. The molecule has 190 valence electrons. The van der Waals surface area contributed by atoms with Gasteiger partial charge in [-0.2, -0.15) is 0 Å². The maximum atomic E-state index is 10.0. The van der Waals surface area contributed by atoms with Gasteiger partial charge in [0.2, 0.25) is 0 Å². The van der Waals surface area contributed by atoms with Crippen molar-refractivity contribution in [2.75, 3.05) is 26.8 Å². The molecule has 0 amide bonds. The van der Waals surface area contributed by atoms with Gasteiger partial charge in [0.15, 0.2) is 17.3 Å². The molecule has 1 saturated heterocycles. The van der Waals surface area contributed by atoms with E-state index < -0.39 is 0 Å². The van der Waals surface area contributed by atoms with E-state index in [2.05, 4.69) is 16.0 Å². The SMILES string of the molecule is CCOc1cc(CN2CCC(c3nc(-c4ccncc4)ncc3-c3cccc(OC)c3)CC2)ccc1O. The third kappa shape index (κ3) is 5.73. The molecule has 0 unspecified atom stereocenters. The van der Waals surface area contributed by atoms with Crippen LogP contribution in [-0.4, -0.2) is 51.8 Å². The number of rotatable bonds is 8. The van der Waals surface area contributed by atoms with Crippen molar-refractivity contribution in [3.63, 3.8) is 0 Å². The maximum absolute atomic E-state index is 10.0. The zero-order chi connectivity index (χ0) is 25.6. The fourth-order valence-corrected chi connectivity index (χ4v) is 4.91. The van der Waals surface area contributed by atoms with Crippen molar-refractivity contribution in [2.45, 2.75) is 32.2 Å². The molecule has 1 aliphatic heterocycles. The van der Waals surface area contributed by atoms with Crippen LogP contribution in [0.1, 0.15) is 36.9 Å². The molecular formula is C30H32N4O3. The van der Waals surface area contributed by atoms with E-state index in [0.717, 1.165) is 72.0 Å². The molecule has 3 heterocycles. The van der Waals surface area contributed by atoms with E-state index in [0.29, 0.717) is 18.3 Å². The monoisotopic (exact) mass is 496 g/mol. The Kier molecular flexibility index (Phi) is 7.61. The minimum Gasteiger partial charge on any atom is -0.504 e. The second-order valence-electron chi connectivity index (χ2n) is 9.25. The highest BCUT2D eigenvalue weighted by Gasteiger charge is 2.25. The molecule has 0 radical (unpaired) electrons. The number of ether oxygens (including phenoxy) is 2. The molecular weight excluding hydrogens is 464 g/mol. The fraction of sp³-hybridized carbons (Fsp3) is 0.300. The van der Waals surface area contributed by atoms with Gasteiger partial charge < -0.3 is 14.6 Å². The van der Waals surface area contributed by atoms with Gasteiger partial charge in [-0.3, -0.25) is 9.88 Å². The molecule has 7 heteroatoms. The van der Waals surface area contributed by atoms with Crippen molar-refractivity contribution in [3.05, 3.63) is 84.4 Å². The quantitative estimate of drug-likeness (QED) is 0.335. The second kappa shape index (κ2) is 11.4. The molecule has 5 rings (SSSR count). The number of likely N-dealkylation sites (tertiary alicyclic amines) is 1. The van der Waals surface area contributed by atoms with Crippen molar-refractivity contribution < 1.29 is 14.6 Å². The molecule has 0 bridgehead atoms. The Hall–Kier alpha value is -3.97. The summed E-state index contributed by atoms with van der Waals surface area (Å²) in [6, 6.07) is 17.6. The summed E-state index contributed by atoms with van der Waals surface area (Å²) in [5, 5.41) is 10.0. The Morgan fingerprint density at radius 1 is 1.00 bits per heavy atom. The van der Waals surface area contributed by atoms with Gasteiger partial charge in [-0.05, 0) is 80.4 Å². The summed E-state index contributed by atoms with van der Waals surface area (Å²) in [6.07, 6.45) is 7.49. The zero-order valence-electron chi connectivity index (χ0n) is 21.3.